The molecule has 0 radical (unpaired) electrons. The molecule has 0 unspecified atom stereocenters. The van der Waals surface area contributed by atoms with Gasteiger partial charge in [0.25, 0.3) is 0 Å². The van der Waals surface area contributed by atoms with E-state index in [0.717, 1.165) is 41.5 Å². The average molecular weight is 371 g/mol. The van der Waals surface area contributed by atoms with Crippen molar-refractivity contribution in [3.8, 4) is 10.8 Å². The van der Waals surface area contributed by atoms with E-state index >= 15 is 0 Å². The van der Waals surface area contributed by atoms with Crippen LogP contribution in [0.4, 0.5) is 0 Å². The van der Waals surface area contributed by atoms with E-state index in [0.29, 0.717) is 19.0 Å². The highest BCUT2D eigenvalue weighted by Crippen LogP contribution is 2.28. The summed E-state index contributed by atoms with van der Waals surface area (Å²) in [7, 11) is 0. The number of thiophene rings is 1. The third kappa shape index (κ3) is 3.59. The average Bonchev–Trinajstić information content (AvgIpc) is 3.42. The van der Waals surface area contributed by atoms with Gasteiger partial charge in [0.05, 0.1) is 29.4 Å². The van der Waals surface area contributed by atoms with Gasteiger partial charge in [0.1, 0.15) is 11.5 Å². The van der Waals surface area contributed by atoms with Crippen molar-refractivity contribution in [1.29, 1.82) is 0 Å². The lowest BCUT2D eigenvalue weighted by Gasteiger charge is -2.22. The van der Waals surface area contributed by atoms with Crippen molar-refractivity contribution in [2.75, 3.05) is 6.54 Å². The van der Waals surface area contributed by atoms with Gasteiger partial charge in [-0.2, -0.15) is 0 Å². The van der Waals surface area contributed by atoms with Crippen LogP contribution in [-0.4, -0.2) is 28.4 Å². The molecule has 136 valence electrons. The lowest BCUT2D eigenvalue weighted by molar-refractivity contribution is -0.125. The van der Waals surface area contributed by atoms with Crippen molar-refractivity contribution in [1.82, 2.24) is 15.2 Å². The Hall–Kier alpha value is -2.38. The Morgan fingerprint density at radius 2 is 2.35 bits per heavy atom. The molecule has 0 bridgehead atoms. The van der Waals surface area contributed by atoms with Crippen LogP contribution in [0.1, 0.15) is 30.1 Å². The first-order valence-electron chi connectivity index (χ1n) is 8.75. The summed E-state index contributed by atoms with van der Waals surface area (Å²) < 4.78 is 11.1. The van der Waals surface area contributed by atoms with Crippen LogP contribution in [-0.2, 0) is 17.9 Å². The Kier molecular flexibility index (Phi) is 4.90. The smallest absolute Gasteiger partial charge is 0.237 e. The van der Waals surface area contributed by atoms with Gasteiger partial charge in [-0.3, -0.25) is 9.69 Å². The van der Waals surface area contributed by atoms with Gasteiger partial charge < -0.3 is 14.2 Å². The summed E-state index contributed by atoms with van der Waals surface area (Å²) in [5.74, 6) is 2.27. The lowest BCUT2D eigenvalue weighted by atomic mass is 10.2. The van der Waals surface area contributed by atoms with E-state index in [1.165, 1.54) is 0 Å². The summed E-state index contributed by atoms with van der Waals surface area (Å²) in [6.45, 7) is 3.86. The molecule has 1 aliphatic heterocycles. The second-order valence-electron chi connectivity index (χ2n) is 6.42. The fraction of sp³-hybridized carbons (Fsp3) is 0.368. The second-order valence-corrected chi connectivity index (χ2v) is 7.37. The normalized spacial score (nSPS) is 17.7. The first-order chi connectivity index (χ1) is 12.7. The topological polar surface area (TPSA) is 71.5 Å². The Morgan fingerprint density at radius 3 is 3.12 bits per heavy atom. The molecule has 0 spiro atoms. The molecular weight excluding hydrogens is 350 g/mol. The van der Waals surface area contributed by atoms with Gasteiger partial charge in [-0.15, -0.1) is 11.3 Å². The zero-order valence-electron chi connectivity index (χ0n) is 14.6. The molecule has 4 rings (SSSR count). The number of hydrogen-bond acceptors (Lipinski definition) is 6. The lowest BCUT2D eigenvalue weighted by Crippen LogP contribution is -2.42. The largest absolute Gasteiger partial charge is 0.467 e. The zero-order valence-corrected chi connectivity index (χ0v) is 15.4. The van der Waals surface area contributed by atoms with Gasteiger partial charge in [-0.05, 0) is 49.9 Å². The molecule has 1 amide bonds. The molecule has 1 fully saturated rings. The van der Waals surface area contributed by atoms with Crippen LogP contribution >= 0.6 is 11.3 Å². The highest BCUT2D eigenvalue weighted by Gasteiger charge is 2.31. The number of carbonyl (C=O) groups is 1. The van der Waals surface area contributed by atoms with E-state index in [9.17, 15) is 4.79 Å². The van der Waals surface area contributed by atoms with E-state index in [1.54, 1.807) is 17.6 Å². The fourth-order valence-corrected chi connectivity index (χ4v) is 3.94. The molecule has 7 heteroatoms. The number of carbonyl (C=O) groups excluding carboxylic acids is 1. The molecule has 1 saturated heterocycles. The van der Waals surface area contributed by atoms with E-state index in [1.807, 2.05) is 36.6 Å². The second kappa shape index (κ2) is 7.47. The minimum Gasteiger partial charge on any atom is -0.467 e. The van der Waals surface area contributed by atoms with E-state index in [-0.39, 0.29) is 11.9 Å². The van der Waals surface area contributed by atoms with Crippen LogP contribution in [0.3, 0.4) is 0 Å². The molecule has 0 aromatic carbocycles. The van der Waals surface area contributed by atoms with Crippen molar-refractivity contribution in [3.05, 3.63) is 53.1 Å². The van der Waals surface area contributed by atoms with Crippen LogP contribution < -0.4 is 5.32 Å². The predicted octanol–water partition coefficient (Wildman–Crippen LogP) is 3.59. The van der Waals surface area contributed by atoms with Crippen LogP contribution in [0.2, 0.25) is 0 Å². The number of oxazole rings is 1. The monoisotopic (exact) mass is 371 g/mol. The maximum atomic E-state index is 12.6. The number of nitrogens with one attached hydrogen (secondary N) is 1. The van der Waals surface area contributed by atoms with Crippen molar-refractivity contribution in [2.45, 2.75) is 38.9 Å². The summed E-state index contributed by atoms with van der Waals surface area (Å²) in [5.41, 5.74) is 0.902. The maximum absolute atomic E-state index is 12.6. The maximum Gasteiger partial charge on any atom is 0.237 e. The van der Waals surface area contributed by atoms with Gasteiger partial charge >= 0.3 is 0 Å². The molecule has 0 saturated carbocycles. The molecule has 1 atom stereocenters. The predicted molar refractivity (Wildman–Crippen MR) is 98.5 cm³/mol. The summed E-state index contributed by atoms with van der Waals surface area (Å²) >= 11 is 1.61. The Balaban J connectivity index is 1.41. The van der Waals surface area contributed by atoms with Gasteiger partial charge in [0.2, 0.25) is 11.8 Å². The van der Waals surface area contributed by atoms with Gasteiger partial charge in [-0.25, -0.2) is 4.98 Å². The molecule has 0 aliphatic carbocycles. The fourth-order valence-electron chi connectivity index (χ4n) is 3.29. The summed E-state index contributed by atoms with van der Waals surface area (Å²) in [6.07, 6.45) is 3.48. The van der Waals surface area contributed by atoms with E-state index < -0.39 is 0 Å². The van der Waals surface area contributed by atoms with Gasteiger partial charge in [0.15, 0.2) is 0 Å². The van der Waals surface area contributed by atoms with Crippen LogP contribution in [0.25, 0.3) is 10.8 Å². The molecule has 1 N–H and O–H groups in total. The summed E-state index contributed by atoms with van der Waals surface area (Å²) in [6, 6.07) is 7.53. The number of rotatable bonds is 6. The van der Waals surface area contributed by atoms with Gasteiger partial charge in [-0.1, -0.05) is 6.07 Å². The van der Waals surface area contributed by atoms with E-state index in [2.05, 4.69) is 15.2 Å². The number of nitrogens with zero attached hydrogens (tertiary/aromatic N) is 2. The zero-order chi connectivity index (χ0) is 17.9. The summed E-state index contributed by atoms with van der Waals surface area (Å²) in [5, 5.41) is 4.98. The number of aryl methyl sites for hydroxylation is 1. The quantitative estimate of drug-likeness (QED) is 0.717. The number of hydrogen-bond donors (Lipinski definition) is 1. The first-order valence-corrected chi connectivity index (χ1v) is 9.63. The first kappa shape index (κ1) is 17.1. The van der Waals surface area contributed by atoms with Crippen molar-refractivity contribution >= 4 is 17.2 Å². The van der Waals surface area contributed by atoms with E-state index in [4.69, 9.17) is 8.83 Å². The van der Waals surface area contributed by atoms with Crippen molar-refractivity contribution in [2.24, 2.45) is 0 Å². The third-order valence-corrected chi connectivity index (χ3v) is 5.52. The summed E-state index contributed by atoms with van der Waals surface area (Å²) in [4.78, 5) is 20.4. The Bertz CT molecular complexity index is 855. The molecule has 1 aliphatic rings. The minimum absolute atomic E-state index is 0.0403. The molecule has 26 heavy (non-hydrogen) atoms. The standard InChI is InChI=1S/C19H21N3O3S/c1-13-15(21-19(25-13)17-7-4-10-26-17)12-22-8-2-6-16(22)18(23)20-11-14-5-3-9-24-14/h3-5,7,9-10,16H,2,6,8,11-12H2,1H3,(H,20,23)/t16-/m0/s1. The SMILES string of the molecule is Cc1oc(-c2cccs2)nc1CN1CCC[C@H]1C(=O)NCc1ccco1. The highest BCUT2D eigenvalue weighted by atomic mass is 32.1. The number of furan rings is 1. The van der Waals surface area contributed by atoms with Crippen LogP contribution in [0.5, 0.6) is 0 Å². The van der Waals surface area contributed by atoms with Crippen molar-refractivity contribution < 1.29 is 13.6 Å². The molecule has 3 aromatic heterocycles. The molecule has 3 aromatic rings. The van der Waals surface area contributed by atoms with Crippen molar-refractivity contribution in [3.63, 3.8) is 0 Å². The third-order valence-electron chi connectivity index (χ3n) is 4.66. The molecular formula is C19H21N3O3S. The minimum atomic E-state index is -0.133. The number of likely N-dealkylation sites (tertiary alicyclic amines) is 1. The number of amides is 1. The van der Waals surface area contributed by atoms with Crippen LogP contribution in [0, 0.1) is 6.92 Å². The van der Waals surface area contributed by atoms with Crippen LogP contribution in [0.15, 0.2) is 44.7 Å². The molecule has 6 nitrogen and oxygen atoms in total. The Morgan fingerprint density at radius 1 is 1.42 bits per heavy atom. The number of aromatic nitrogens is 1. The van der Waals surface area contributed by atoms with Gasteiger partial charge in [0, 0.05) is 6.54 Å². The Labute approximate surface area is 155 Å². The highest BCUT2D eigenvalue weighted by molar-refractivity contribution is 7.13. The molecule has 4 heterocycles.